The molecule has 0 amide bonds. The average Bonchev–Trinajstić information content (AvgIpc) is 2.41. The molecule has 0 radical (unpaired) electrons. The van der Waals surface area contributed by atoms with E-state index in [0.717, 1.165) is 29.3 Å². The van der Waals surface area contributed by atoms with Crippen LogP contribution in [0, 0.1) is 0 Å². The molecule has 1 rings (SSSR count). The minimum Gasteiger partial charge on any atom is -0.395 e. The van der Waals surface area contributed by atoms with Crippen molar-refractivity contribution in [1.29, 1.82) is 0 Å². The van der Waals surface area contributed by atoms with Crippen molar-refractivity contribution in [2.45, 2.75) is 44.4 Å². The van der Waals surface area contributed by atoms with Crippen molar-refractivity contribution in [1.82, 2.24) is 0 Å². The average molecular weight is 315 g/mol. The van der Waals surface area contributed by atoms with Gasteiger partial charge in [-0.3, -0.25) is 0 Å². The molecule has 0 aromatic heterocycles. The summed E-state index contributed by atoms with van der Waals surface area (Å²) in [4.78, 5) is 0. The summed E-state index contributed by atoms with van der Waals surface area (Å²) in [6, 6.07) is 7.88. The molecule has 0 aliphatic heterocycles. The van der Waals surface area contributed by atoms with Crippen molar-refractivity contribution in [3.8, 4) is 0 Å². The van der Waals surface area contributed by atoms with E-state index < -0.39 is 5.41 Å². The van der Waals surface area contributed by atoms with Gasteiger partial charge in [-0.1, -0.05) is 60.7 Å². The molecule has 0 aliphatic rings. The van der Waals surface area contributed by atoms with Crippen LogP contribution in [0.2, 0.25) is 0 Å². The number of hydrogen-bond acceptors (Lipinski definition) is 2. The van der Waals surface area contributed by atoms with Crippen molar-refractivity contribution in [3.05, 3.63) is 34.3 Å². The van der Waals surface area contributed by atoms with Gasteiger partial charge in [-0.05, 0) is 24.1 Å². The summed E-state index contributed by atoms with van der Waals surface area (Å²) in [6.07, 6.45) is 5.46. The van der Waals surface area contributed by atoms with Crippen molar-refractivity contribution < 1.29 is 10.2 Å². The highest BCUT2D eigenvalue weighted by molar-refractivity contribution is 9.10. The molecule has 0 saturated carbocycles. The molecule has 2 N–H and O–H groups in total. The van der Waals surface area contributed by atoms with E-state index in [0.29, 0.717) is 0 Å². The van der Waals surface area contributed by atoms with E-state index in [4.69, 9.17) is 0 Å². The second-order valence-electron chi connectivity index (χ2n) is 4.91. The molecule has 1 aromatic rings. The van der Waals surface area contributed by atoms with Crippen LogP contribution in [0.1, 0.15) is 44.6 Å². The fraction of sp³-hybridized carbons (Fsp3) is 0.600. The van der Waals surface area contributed by atoms with Crippen molar-refractivity contribution in [3.63, 3.8) is 0 Å². The summed E-state index contributed by atoms with van der Waals surface area (Å²) < 4.78 is 1.02. The Labute approximate surface area is 118 Å². The van der Waals surface area contributed by atoms with Crippen molar-refractivity contribution in [2.75, 3.05) is 13.2 Å². The molecular formula is C15H23BrO2. The second kappa shape index (κ2) is 7.93. The summed E-state index contributed by atoms with van der Waals surface area (Å²) in [5.74, 6) is 0. The number of aliphatic hydroxyl groups is 2. The monoisotopic (exact) mass is 314 g/mol. The normalized spacial score (nSPS) is 11.8. The van der Waals surface area contributed by atoms with E-state index in [1.54, 1.807) is 0 Å². The Bertz CT molecular complexity index is 331. The van der Waals surface area contributed by atoms with Gasteiger partial charge in [0, 0.05) is 9.89 Å². The molecule has 0 aliphatic carbocycles. The van der Waals surface area contributed by atoms with Gasteiger partial charge >= 0.3 is 0 Å². The van der Waals surface area contributed by atoms with Crippen LogP contribution in [0.3, 0.4) is 0 Å². The summed E-state index contributed by atoms with van der Waals surface area (Å²) in [5, 5.41) is 19.4. The summed E-state index contributed by atoms with van der Waals surface area (Å²) in [7, 11) is 0. The van der Waals surface area contributed by atoms with Crippen LogP contribution < -0.4 is 0 Å². The fourth-order valence-corrected chi connectivity index (χ4v) is 2.49. The van der Waals surface area contributed by atoms with Crippen LogP contribution in [-0.2, 0) is 5.41 Å². The standard InChI is InChI=1S/C15H23BrO2/c1-2-3-4-5-10-15(11-17,12-18)13-6-8-14(16)9-7-13/h6-9,17-18H,2-5,10-12H2,1H3. The Morgan fingerprint density at radius 3 is 2.11 bits per heavy atom. The number of halogens is 1. The van der Waals surface area contributed by atoms with Gasteiger partial charge in [0.2, 0.25) is 0 Å². The zero-order valence-corrected chi connectivity index (χ0v) is 12.6. The minimum atomic E-state index is -0.492. The molecule has 0 atom stereocenters. The van der Waals surface area contributed by atoms with Crippen LogP contribution in [0.15, 0.2) is 28.7 Å². The van der Waals surface area contributed by atoms with E-state index >= 15 is 0 Å². The van der Waals surface area contributed by atoms with E-state index in [2.05, 4.69) is 22.9 Å². The minimum absolute atomic E-state index is 0.00272. The molecule has 3 heteroatoms. The molecule has 2 nitrogen and oxygen atoms in total. The Kier molecular flexibility index (Phi) is 6.90. The second-order valence-corrected chi connectivity index (χ2v) is 5.83. The lowest BCUT2D eigenvalue weighted by Gasteiger charge is -2.30. The van der Waals surface area contributed by atoms with Gasteiger partial charge in [0.15, 0.2) is 0 Å². The van der Waals surface area contributed by atoms with Crippen LogP contribution in [-0.4, -0.2) is 23.4 Å². The summed E-state index contributed by atoms with van der Waals surface area (Å²) in [5.41, 5.74) is 0.529. The maximum Gasteiger partial charge on any atom is 0.0550 e. The van der Waals surface area contributed by atoms with Gasteiger partial charge in [0.25, 0.3) is 0 Å². The quantitative estimate of drug-likeness (QED) is 0.719. The number of rotatable bonds is 8. The molecule has 0 bridgehead atoms. The van der Waals surface area contributed by atoms with Crippen LogP contribution in [0.4, 0.5) is 0 Å². The number of hydrogen-bond donors (Lipinski definition) is 2. The van der Waals surface area contributed by atoms with E-state index in [1.165, 1.54) is 12.8 Å². The highest BCUT2D eigenvalue weighted by atomic mass is 79.9. The predicted octanol–water partition coefficient (Wildman–Crippen LogP) is 3.64. The Balaban J connectivity index is 2.75. The van der Waals surface area contributed by atoms with Crippen molar-refractivity contribution >= 4 is 15.9 Å². The molecule has 0 unspecified atom stereocenters. The molecule has 102 valence electrons. The van der Waals surface area contributed by atoms with Crippen LogP contribution in [0.5, 0.6) is 0 Å². The van der Waals surface area contributed by atoms with Gasteiger partial charge in [-0.15, -0.1) is 0 Å². The summed E-state index contributed by atoms with van der Waals surface area (Å²) in [6.45, 7) is 2.18. The van der Waals surface area contributed by atoms with Gasteiger partial charge in [-0.25, -0.2) is 0 Å². The van der Waals surface area contributed by atoms with Gasteiger partial charge < -0.3 is 10.2 Å². The smallest absolute Gasteiger partial charge is 0.0550 e. The van der Waals surface area contributed by atoms with Crippen molar-refractivity contribution in [2.24, 2.45) is 0 Å². The first kappa shape index (κ1) is 15.7. The predicted molar refractivity (Wildman–Crippen MR) is 78.8 cm³/mol. The zero-order valence-electron chi connectivity index (χ0n) is 11.0. The fourth-order valence-electron chi connectivity index (χ4n) is 2.23. The highest BCUT2D eigenvalue weighted by Gasteiger charge is 2.30. The number of unbranched alkanes of at least 4 members (excludes halogenated alkanes) is 3. The third-order valence-corrected chi connectivity index (χ3v) is 4.10. The van der Waals surface area contributed by atoms with Gasteiger partial charge in [0.05, 0.1) is 13.2 Å². The lowest BCUT2D eigenvalue weighted by Crippen LogP contribution is -2.34. The van der Waals surface area contributed by atoms with E-state index in [9.17, 15) is 10.2 Å². The van der Waals surface area contributed by atoms with E-state index in [-0.39, 0.29) is 13.2 Å². The number of benzene rings is 1. The zero-order chi connectivity index (χ0) is 13.4. The SMILES string of the molecule is CCCCCCC(CO)(CO)c1ccc(Br)cc1. The first-order valence-corrected chi connectivity index (χ1v) is 7.45. The third kappa shape index (κ3) is 4.08. The molecule has 0 saturated heterocycles. The molecule has 0 heterocycles. The molecular weight excluding hydrogens is 292 g/mol. The van der Waals surface area contributed by atoms with Crippen LogP contribution >= 0.6 is 15.9 Å². The maximum atomic E-state index is 9.68. The molecule has 0 fully saturated rings. The van der Waals surface area contributed by atoms with Gasteiger partial charge in [-0.2, -0.15) is 0 Å². The van der Waals surface area contributed by atoms with E-state index in [1.807, 2.05) is 24.3 Å². The lowest BCUT2D eigenvalue weighted by atomic mass is 9.77. The maximum absolute atomic E-state index is 9.68. The Hall–Kier alpha value is -0.380. The number of aliphatic hydroxyl groups excluding tert-OH is 2. The summed E-state index contributed by atoms with van der Waals surface area (Å²) >= 11 is 3.40. The Morgan fingerprint density at radius 1 is 1.00 bits per heavy atom. The largest absolute Gasteiger partial charge is 0.395 e. The first-order valence-electron chi connectivity index (χ1n) is 6.66. The molecule has 1 aromatic carbocycles. The Morgan fingerprint density at radius 2 is 1.61 bits per heavy atom. The third-order valence-electron chi connectivity index (χ3n) is 3.57. The molecule has 0 spiro atoms. The topological polar surface area (TPSA) is 40.5 Å². The highest BCUT2D eigenvalue weighted by Crippen LogP contribution is 2.30. The molecule has 18 heavy (non-hydrogen) atoms. The first-order chi connectivity index (χ1) is 8.68. The van der Waals surface area contributed by atoms with Gasteiger partial charge in [0.1, 0.15) is 0 Å². The van der Waals surface area contributed by atoms with Crippen LogP contribution in [0.25, 0.3) is 0 Å². The lowest BCUT2D eigenvalue weighted by molar-refractivity contribution is 0.107.